The van der Waals surface area contributed by atoms with E-state index in [4.69, 9.17) is 4.74 Å². The maximum absolute atomic E-state index is 13.5. The molecule has 3 rings (SSSR count). The van der Waals surface area contributed by atoms with Gasteiger partial charge in [-0.3, -0.25) is 9.59 Å². The molecule has 0 unspecified atom stereocenters. The number of nitrogens with zero attached hydrogens (tertiary/aromatic N) is 2. The molecule has 0 saturated carbocycles. The van der Waals surface area contributed by atoms with Crippen LogP contribution in [0, 0.1) is 12.8 Å². The van der Waals surface area contributed by atoms with Crippen molar-refractivity contribution in [1.29, 1.82) is 0 Å². The molecule has 0 N–H and O–H groups in total. The molecule has 6 heteroatoms. The monoisotopic (exact) mass is 464 g/mol. The number of thiophene rings is 1. The summed E-state index contributed by atoms with van der Waals surface area (Å²) >= 11 is 1.66. The van der Waals surface area contributed by atoms with Crippen molar-refractivity contribution in [2.24, 2.45) is 5.92 Å². The number of benzene rings is 2. The number of methoxy groups -OCH3 is 1. The van der Waals surface area contributed by atoms with E-state index in [2.05, 4.69) is 26.8 Å². The van der Waals surface area contributed by atoms with E-state index in [1.165, 1.54) is 5.56 Å². The number of ether oxygens (including phenoxy) is 1. The van der Waals surface area contributed by atoms with Gasteiger partial charge in [-0.1, -0.05) is 44.2 Å². The molecular formula is C27H32N2O3S. The summed E-state index contributed by atoms with van der Waals surface area (Å²) in [5, 5.41) is 2.05. The minimum atomic E-state index is -0.147. The number of amides is 2. The normalized spacial score (nSPS) is 10.8. The SMILES string of the molecule is COc1ccc(C(=O)N(CC(=O)N(Cc2ccccc2)Cc2sccc2C)CC(C)C)cc1. The molecule has 1 aromatic heterocycles. The lowest BCUT2D eigenvalue weighted by Crippen LogP contribution is -2.43. The van der Waals surface area contributed by atoms with Gasteiger partial charge in [0.25, 0.3) is 5.91 Å². The fraction of sp³-hybridized carbons (Fsp3) is 0.333. The summed E-state index contributed by atoms with van der Waals surface area (Å²) in [4.78, 5) is 31.5. The van der Waals surface area contributed by atoms with Gasteiger partial charge in [-0.15, -0.1) is 11.3 Å². The predicted octanol–water partition coefficient (Wildman–Crippen LogP) is 5.39. The number of hydrogen-bond donors (Lipinski definition) is 0. The Morgan fingerprint density at radius 2 is 1.64 bits per heavy atom. The topological polar surface area (TPSA) is 49.9 Å². The molecule has 0 bridgehead atoms. The van der Waals surface area contributed by atoms with Crippen molar-refractivity contribution in [2.75, 3.05) is 20.2 Å². The number of carbonyl (C=O) groups excluding carboxylic acids is 2. The van der Waals surface area contributed by atoms with Gasteiger partial charge in [0.15, 0.2) is 0 Å². The lowest BCUT2D eigenvalue weighted by molar-refractivity contribution is -0.133. The fourth-order valence-electron chi connectivity index (χ4n) is 3.61. The zero-order valence-corrected chi connectivity index (χ0v) is 20.6. The molecule has 0 aliphatic rings. The Balaban J connectivity index is 1.81. The largest absolute Gasteiger partial charge is 0.497 e. The Kier molecular flexibility index (Phi) is 8.66. The molecule has 0 aliphatic carbocycles. The van der Waals surface area contributed by atoms with E-state index in [9.17, 15) is 9.59 Å². The maximum Gasteiger partial charge on any atom is 0.254 e. The Labute approximate surface area is 200 Å². The smallest absolute Gasteiger partial charge is 0.254 e. The van der Waals surface area contributed by atoms with E-state index >= 15 is 0 Å². The number of carbonyl (C=O) groups is 2. The molecule has 0 saturated heterocycles. The first-order valence-electron chi connectivity index (χ1n) is 11.2. The second kappa shape index (κ2) is 11.7. The van der Waals surface area contributed by atoms with E-state index in [-0.39, 0.29) is 24.3 Å². The van der Waals surface area contributed by atoms with Gasteiger partial charge >= 0.3 is 0 Å². The summed E-state index contributed by atoms with van der Waals surface area (Å²) in [6.07, 6.45) is 0. The molecule has 3 aromatic rings. The van der Waals surface area contributed by atoms with E-state index in [0.717, 1.165) is 10.4 Å². The van der Waals surface area contributed by atoms with Crippen molar-refractivity contribution >= 4 is 23.2 Å². The van der Waals surface area contributed by atoms with Crippen LogP contribution in [0.2, 0.25) is 0 Å². The first-order chi connectivity index (χ1) is 15.9. The van der Waals surface area contributed by atoms with Crippen LogP contribution in [0.1, 0.15) is 40.2 Å². The van der Waals surface area contributed by atoms with Crippen LogP contribution in [0.25, 0.3) is 0 Å². The molecule has 174 valence electrons. The second-order valence-electron chi connectivity index (χ2n) is 8.57. The summed E-state index contributed by atoms with van der Waals surface area (Å²) in [6, 6.07) is 19.1. The maximum atomic E-state index is 13.5. The average Bonchev–Trinajstić information content (AvgIpc) is 3.22. The minimum Gasteiger partial charge on any atom is -0.497 e. The van der Waals surface area contributed by atoms with Crippen LogP contribution < -0.4 is 4.74 Å². The molecule has 1 heterocycles. The molecule has 0 spiro atoms. The van der Waals surface area contributed by atoms with Crippen LogP contribution in [-0.4, -0.2) is 41.8 Å². The van der Waals surface area contributed by atoms with Crippen LogP contribution in [0.5, 0.6) is 5.75 Å². The highest BCUT2D eigenvalue weighted by atomic mass is 32.1. The number of rotatable bonds is 10. The Bertz CT molecular complexity index is 1040. The first-order valence-corrected chi connectivity index (χ1v) is 12.0. The third kappa shape index (κ3) is 6.93. The lowest BCUT2D eigenvalue weighted by atomic mass is 10.1. The second-order valence-corrected chi connectivity index (χ2v) is 9.57. The molecule has 5 nitrogen and oxygen atoms in total. The van der Waals surface area contributed by atoms with Gasteiger partial charge < -0.3 is 14.5 Å². The van der Waals surface area contributed by atoms with Gasteiger partial charge in [-0.25, -0.2) is 0 Å². The van der Waals surface area contributed by atoms with E-state index < -0.39 is 0 Å². The summed E-state index contributed by atoms with van der Waals surface area (Å²) in [7, 11) is 1.59. The highest BCUT2D eigenvalue weighted by molar-refractivity contribution is 7.10. The predicted molar refractivity (Wildman–Crippen MR) is 133 cm³/mol. The van der Waals surface area contributed by atoms with Gasteiger partial charge in [0.2, 0.25) is 5.91 Å². The molecule has 0 aliphatic heterocycles. The Hall–Kier alpha value is -3.12. The van der Waals surface area contributed by atoms with Crippen LogP contribution in [0.4, 0.5) is 0 Å². The molecule has 33 heavy (non-hydrogen) atoms. The third-order valence-corrected chi connectivity index (χ3v) is 6.42. The molecular weight excluding hydrogens is 432 g/mol. The summed E-state index contributed by atoms with van der Waals surface area (Å²) < 4.78 is 5.20. The molecule has 0 fully saturated rings. The first kappa shape index (κ1) is 24.5. The quantitative estimate of drug-likeness (QED) is 0.404. The molecule has 2 aromatic carbocycles. The van der Waals surface area contributed by atoms with Crippen molar-refractivity contribution in [3.05, 3.63) is 87.6 Å². The zero-order chi connectivity index (χ0) is 23.8. The standard InChI is InChI=1S/C27H32N2O3S/c1-20(2)16-29(27(31)23-10-12-24(32-4)13-11-23)19-26(30)28(17-22-8-6-5-7-9-22)18-25-21(3)14-15-33-25/h5-15,20H,16-19H2,1-4H3. The number of aryl methyl sites for hydroxylation is 1. The highest BCUT2D eigenvalue weighted by Crippen LogP contribution is 2.20. The lowest BCUT2D eigenvalue weighted by Gasteiger charge is -2.29. The van der Waals surface area contributed by atoms with Crippen molar-refractivity contribution < 1.29 is 14.3 Å². The van der Waals surface area contributed by atoms with Crippen LogP contribution >= 0.6 is 11.3 Å². The summed E-state index contributed by atoms with van der Waals surface area (Å²) in [5.41, 5.74) is 2.80. The molecule has 2 amide bonds. The average molecular weight is 465 g/mol. The van der Waals surface area contributed by atoms with E-state index in [1.54, 1.807) is 47.6 Å². The molecule has 0 radical (unpaired) electrons. The van der Waals surface area contributed by atoms with Crippen molar-refractivity contribution in [2.45, 2.75) is 33.9 Å². The van der Waals surface area contributed by atoms with Crippen LogP contribution in [0.15, 0.2) is 66.0 Å². The fourth-order valence-corrected chi connectivity index (χ4v) is 4.54. The van der Waals surface area contributed by atoms with Gasteiger partial charge in [0, 0.05) is 23.5 Å². The molecule has 0 atom stereocenters. The highest BCUT2D eigenvalue weighted by Gasteiger charge is 2.24. The Morgan fingerprint density at radius 3 is 2.21 bits per heavy atom. The number of hydrogen-bond acceptors (Lipinski definition) is 4. The van der Waals surface area contributed by atoms with Crippen LogP contribution in [0.3, 0.4) is 0 Å². The summed E-state index contributed by atoms with van der Waals surface area (Å²) in [5.74, 6) is 0.723. The van der Waals surface area contributed by atoms with Crippen molar-refractivity contribution in [1.82, 2.24) is 9.80 Å². The van der Waals surface area contributed by atoms with Crippen molar-refractivity contribution in [3.63, 3.8) is 0 Å². The third-order valence-electron chi connectivity index (χ3n) is 5.41. The Morgan fingerprint density at radius 1 is 0.939 bits per heavy atom. The van der Waals surface area contributed by atoms with Crippen molar-refractivity contribution in [3.8, 4) is 5.75 Å². The van der Waals surface area contributed by atoms with E-state index in [1.807, 2.05) is 40.6 Å². The minimum absolute atomic E-state index is 0.0420. The van der Waals surface area contributed by atoms with Crippen LogP contribution in [-0.2, 0) is 17.9 Å². The van der Waals surface area contributed by atoms with Gasteiger partial charge in [0.05, 0.1) is 13.7 Å². The zero-order valence-electron chi connectivity index (χ0n) is 19.8. The van der Waals surface area contributed by atoms with Gasteiger partial charge in [-0.05, 0) is 59.7 Å². The van der Waals surface area contributed by atoms with Gasteiger partial charge in [0.1, 0.15) is 12.3 Å². The van der Waals surface area contributed by atoms with E-state index in [0.29, 0.717) is 30.9 Å². The van der Waals surface area contributed by atoms with Gasteiger partial charge in [-0.2, -0.15) is 0 Å². The summed E-state index contributed by atoms with van der Waals surface area (Å²) in [6.45, 7) is 7.75.